The van der Waals surface area contributed by atoms with Crippen LogP contribution in [0.4, 0.5) is 5.69 Å². The third-order valence-corrected chi connectivity index (χ3v) is 5.36. The molecule has 1 aromatic carbocycles. The van der Waals surface area contributed by atoms with Crippen LogP contribution in [0.1, 0.15) is 23.3 Å². The number of thiophene rings is 1. The van der Waals surface area contributed by atoms with Crippen molar-refractivity contribution < 1.29 is 9.53 Å². The van der Waals surface area contributed by atoms with Gasteiger partial charge in [0.05, 0.1) is 12.5 Å². The molecule has 1 saturated heterocycles. The SMILES string of the molecule is CCOC(=O)[C@@H]1CN(Cc2ccccc2)C[C@@H]1c1sccc1N. The Morgan fingerprint density at radius 2 is 2.09 bits per heavy atom. The summed E-state index contributed by atoms with van der Waals surface area (Å²) in [4.78, 5) is 15.8. The van der Waals surface area contributed by atoms with Crippen LogP contribution in [0.2, 0.25) is 0 Å². The number of nitrogens with zero attached hydrogens (tertiary/aromatic N) is 1. The van der Waals surface area contributed by atoms with E-state index in [4.69, 9.17) is 10.5 Å². The van der Waals surface area contributed by atoms with Gasteiger partial charge in [0.2, 0.25) is 0 Å². The van der Waals surface area contributed by atoms with E-state index in [0.717, 1.165) is 30.2 Å². The molecule has 0 spiro atoms. The Bertz CT molecular complexity index is 656. The van der Waals surface area contributed by atoms with Gasteiger partial charge in [-0.2, -0.15) is 0 Å². The minimum Gasteiger partial charge on any atom is -0.466 e. The number of benzene rings is 1. The molecular weight excluding hydrogens is 308 g/mol. The van der Waals surface area contributed by atoms with E-state index in [2.05, 4.69) is 17.0 Å². The van der Waals surface area contributed by atoms with Gasteiger partial charge in [-0.1, -0.05) is 30.3 Å². The standard InChI is InChI=1S/C18H22N2O2S/c1-2-22-18(21)15-12-20(10-13-6-4-3-5-7-13)11-14(15)17-16(19)8-9-23-17/h3-9,14-15H,2,10-12,19H2,1H3/t14-,15+/m0/s1. The fourth-order valence-electron chi connectivity index (χ4n) is 3.24. The summed E-state index contributed by atoms with van der Waals surface area (Å²) in [6.45, 7) is 4.67. The number of carbonyl (C=O) groups excluding carboxylic acids is 1. The Kier molecular flexibility index (Phi) is 4.98. The molecule has 1 aliphatic rings. The lowest BCUT2D eigenvalue weighted by Gasteiger charge is -2.16. The molecule has 2 N–H and O–H groups in total. The second-order valence-corrected chi connectivity index (χ2v) is 6.83. The van der Waals surface area contributed by atoms with Crippen LogP contribution in [0.3, 0.4) is 0 Å². The number of likely N-dealkylation sites (tertiary alicyclic amines) is 1. The molecule has 0 amide bonds. The molecule has 122 valence electrons. The molecule has 4 nitrogen and oxygen atoms in total. The fourth-order valence-corrected chi connectivity index (χ4v) is 4.22. The van der Waals surface area contributed by atoms with Gasteiger partial charge in [0, 0.05) is 36.1 Å². The van der Waals surface area contributed by atoms with Crippen molar-refractivity contribution in [3.8, 4) is 0 Å². The molecule has 1 aromatic heterocycles. The number of esters is 1. The summed E-state index contributed by atoms with van der Waals surface area (Å²) in [5.41, 5.74) is 8.14. The molecule has 0 radical (unpaired) electrons. The van der Waals surface area contributed by atoms with Crippen LogP contribution in [-0.2, 0) is 16.1 Å². The van der Waals surface area contributed by atoms with Crippen LogP contribution in [0, 0.1) is 5.92 Å². The number of hydrogen-bond acceptors (Lipinski definition) is 5. The average molecular weight is 330 g/mol. The molecule has 23 heavy (non-hydrogen) atoms. The maximum Gasteiger partial charge on any atom is 0.310 e. The molecule has 3 rings (SSSR count). The monoisotopic (exact) mass is 330 g/mol. The normalized spacial score (nSPS) is 21.4. The molecule has 2 heterocycles. The number of nitrogen functional groups attached to an aromatic ring is 1. The highest BCUT2D eigenvalue weighted by Gasteiger charge is 2.40. The summed E-state index contributed by atoms with van der Waals surface area (Å²) in [6, 6.07) is 12.3. The lowest BCUT2D eigenvalue weighted by atomic mass is 9.94. The first-order chi connectivity index (χ1) is 11.2. The Balaban J connectivity index is 1.79. The summed E-state index contributed by atoms with van der Waals surface area (Å²) in [5.74, 6) is -0.127. The Labute approximate surface area is 140 Å². The third-order valence-electron chi connectivity index (χ3n) is 4.30. The molecule has 5 heteroatoms. The van der Waals surface area contributed by atoms with Gasteiger partial charge >= 0.3 is 5.97 Å². The molecule has 2 atom stereocenters. The van der Waals surface area contributed by atoms with Gasteiger partial charge in [-0.25, -0.2) is 0 Å². The second kappa shape index (κ2) is 7.15. The first-order valence-corrected chi connectivity index (χ1v) is 8.82. The number of ether oxygens (including phenoxy) is 1. The summed E-state index contributed by atoms with van der Waals surface area (Å²) in [6.07, 6.45) is 0. The summed E-state index contributed by atoms with van der Waals surface area (Å²) in [7, 11) is 0. The highest BCUT2D eigenvalue weighted by atomic mass is 32.1. The number of rotatable bonds is 5. The van der Waals surface area contributed by atoms with Gasteiger partial charge in [-0.05, 0) is 23.9 Å². The lowest BCUT2D eigenvalue weighted by molar-refractivity contribution is -0.148. The van der Waals surface area contributed by atoms with E-state index in [1.54, 1.807) is 11.3 Å². The van der Waals surface area contributed by atoms with E-state index in [1.807, 2.05) is 36.6 Å². The first kappa shape index (κ1) is 16.0. The predicted molar refractivity (Wildman–Crippen MR) is 93.3 cm³/mol. The van der Waals surface area contributed by atoms with Gasteiger partial charge in [-0.15, -0.1) is 11.3 Å². The van der Waals surface area contributed by atoms with Crippen molar-refractivity contribution in [1.82, 2.24) is 4.90 Å². The number of hydrogen-bond donors (Lipinski definition) is 1. The van der Waals surface area contributed by atoms with Crippen LogP contribution in [-0.4, -0.2) is 30.6 Å². The molecule has 1 aliphatic heterocycles. The molecule has 2 aromatic rings. The van der Waals surface area contributed by atoms with Crippen molar-refractivity contribution in [3.05, 3.63) is 52.2 Å². The van der Waals surface area contributed by atoms with Crippen LogP contribution >= 0.6 is 11.3 Å². The maximum absolute atomic E-state index is 12.4. The first-order valence-electron chi connectivity index (χ1n) is 7.94. The van der Waals surface area contributed by atoms with Crippen molar-refractivity contribution in [2.24, 2.45) is 5.92 Å². The van der Waals surface area contributed by atoms with Crippen LogP contribution in [0.25, 0.3) is 0 Å². The zero-order valence-corrected chi connectivity index (χ0v) is 14.1. The summed E-state index contributed by atoms with van der Waals surface area (Å²) < 4.78 is 5.29. The van der Waals surface area contributed by atoms with Gasteiger partial charge in [0.15, 0.2) is 0 Å². The predicted octanol–water partition coefficient (Wildman–Crippen LogP) is 3.11. The quantitative estimate of drug-likeness (QED) is 0.856. The maximum atomic E-state index is 12.4. The van der Waals surface area contributed by atoms with E-state index >= 15 is 0 Å². The van der Waals surface area contributed by atoms with E-state index in [9.17, 15) is 4.79 Å². The minimum atomic E-state index is -0.139. The summed E-state index contributed by atoms with van der Waals surface area (Å²) in [5, 5.41) is 1.99. The Morgan fingerprint density at radius 1 is 1.30 bits per heavy atom. The van der Waals surface area contributed by atoms with Gasteiger partial charge < -0.3 is 10.5 Å². The average Bonchev–Trinajstić information content (AvgIpc) is 3.14. The topological polar surface area (TPSA) is 55.6 Å². The number of carbonyl (C=O) groups is 1. The zero-order chi connectivity index (χ0) is 16.2. The Morgan fingerprint density at radius 3 is 2.74 bits per heavy atom. The van der Waals surface area contributed by atoms with Crippen LogP contribution in [0.15, 0.2) is 41.8 Å². The van der Waals surface area contributed by atoms with Crippen LogP contribution in [0.5, 0.6) is 0 Å². The van der Waals surface area contributed by atoms with Crippen LogP contribution < -0.4 is 5.73 Å². The molecule has 0 aliphatic carbocycles. The zero-order valence-electron chi connectivity index (χ0n) is 13.3. The van der Waals surface area contributed by atoms with Crippen molar-refractivity contribution in [2.75, 3.05) is 25.4 Å². The van der Waals surface area contributed by atoms with E-state index in [1.165, 1.54) is 5.56 Å². The molecule has 0 bridgehead atoms. The smallest absolute Gasteiger partial charge is 0.310 e. The van der Waals surface area contributed by atoms with Gasteiger partial charge in [0.1, 0.15) is 0 Å². The fraction of sp³-hybridized carbons (Fsp3) is 0.389. The van der Waals surface area contributed by atoms with Crippen molar-refractivity contribution in [1.29, 1.82) is 0 Å². The minimum absolute atomic E-state index is 0.110. The van der Waals surface area contributed by atoms with E-state index < -0.39 is 0 Å². The summed E-state index contributed by atoms with van der Waals surface area (Å²) >= 11 is 1.63. The van der Waals surface area contributed by atoms with Gasteiger partial charge in [-0.3, -0.25) is 9.69 Å². The van der Waals surface area contributed by atoms with Gasteiger partial charge in [0.25, 0.3) is 0 Å². The largest absolute Gasteiger partial charge is 0.466 e. The van der Waals surface area contributed by atoms with Crippen molar-refractivity contribution >= 4 is 23.0 Å². The van der Waals surface area contributed by atoms with Crippen molar-refractivity contribution in [2.45, 2.75) is 19.4 Å². The highest BCUT2D eigenvalue weighted by molar-refractivity contribution is 7.10. The second-order valence-electron chi connectivity index (χ2n) is 5.88. The number of anilines is 1. The third kappa shape index (κ3) is 3.57. The number of nitrogens with two attached hydrogens (primary N) is 1. The lowest BCUT2D eigenvalue weighted by Crippen LogP contribution is -2.25. The van der Waals surface area contributed by atoms with E-state index in [0.29, 0.717) is 6.61 Å². The molecule has 0 unspecified atom stereocenters. The molecule has 0 saturated carbocycles. The molecule has 1 fully saturated rings. The van der Waals surface area contributed by atoms with E-state index in [-0.39, 0.29) is 17.8 Å². The highest BCUT2D eigenvalue weighted by Crippen LogP contribution is 2.39. The molecular formula is C18H22N2O2S. The Hall–Kier alpha value is -1.85. The van der Waals surface area contributed by atoms with Crippen molar-refractivity contribution in [3.63, 3.8) is 0 Å².